The average molecular weight is 280 g/mol. The van der Waals surface area contributed by atoms with Crippen LogP contribution in [0.3, 0.4) is 0 Å². The molecule has 2 rings (SSSR count). The molecule has 0 amide bonds. The van der Waals surface area contributed by atoms with Gasteiger partial charge in [0.2, 0.25) is 0 Å². The SMILES string of the molecule is C[C@H](N)c1ccccc1OCc1cc(F)ccc1Cl. The lowest BCUT2D eigenvalue weighted by Gasteiger charge is -2.14. The molecule has 0 aromatic heterocycles. The quantitative estimate of drug-likeness (QED) is 0.915. The Morgan fingerprint density at radius 3 is 2.74 bits per heavy atom. The minimum absolute atomic E-state index is 0.126. The summed E-state index contributed by atoms with van der Waals surface area (Å²) >= 11 is 5.99. The van der Waals surface area contributed by atoms with Crippen LogP contribution >= 0.6 is 11.6 Å². The maximum atomic E-state index is 13.1. The lowest BCUT2D eigenvalue weighted by atomic mass is 10.1. The number of hydrogen-bond acceptors (Lipinski definition) is 2. The van der Waals surface area contributed by atoms with Gasteiger partial charge in [0.25, 0.3) is 0 Å². The molecular formula is C15H15ClFNO. The molecule has 0 fully saturated rings. The molecule has 0 bridgehead atoms. The first-order chi connectivity index (χ1) is 9.08. The lowest BCUT2D eigenvalue weighted by molar-refractivity contribution is 0.301. The zero-order valence-corrected chi connectivity index (χ0v) is 11.3. The van der Waals surface area contributed by atoms with Crippen LogP contribution in [0.15, 0.2) is 42.5 Å². The molecule has 0 saturated heterocycles. The van der Waals surface area contributed by atoms with Crippen molar-refractivity contribution in [2.45, 2.75) is 19.6 Å². The van der Waals surface area contributed by atoms with E-state index in [2.05, 4.69) is 0 Å². The third kappa shape index (κ3) is 3.46. The highest BCUT2D eigenvalue weighted by atomic mass is 35.5. The molecule has 0 aliphatic carbocycles. The van der Waals surface area contributed by atoms with Crippen molar-refractivity contribution in [1.82, 2.24) is 0 Å². The molecular weight excluding hydrogens is 265 g/mol. The second-order valence-electron chi connectivity index (χ2n) is 4.35. The molecule has 2 aromatic rings. The Bertz CT molecular complexity index is 572. The van der Waals surface area contributed by atoms with Gasteiger partial charge < -0.3 is 10.5 Å². The van der Waals surface area contributed by atoms with Crippen LogP contribution in [0.4, 0.5) is 4.39 Å². The van der Waals surface area contributed by atoms with E-state index in [1.54, 1.807) is 0 Å². The first-order valence-corrected chi connectivity index (χ1v) is 6.37. The van der Waals surface area contributed by atoms with Crippen molar-refractivity contribution in [3.8, 4) is 5.75 Å². The predicted molar refractivity (Wildman–Crippen MR) is 74.8 cm³/mol. The second kappa shape index (κ2) is 6.04. The van der Waals surface area contributed by atoms with Crippen LogP contribution in [-0.4, -0.2) is 0 Å². The van der Waals surface area contributed by atoms with Crippen LogP contribution < -0.4 is 10.5 Å². The Hall–Kier alpha value is -1.58. The van der Waals surface area contributed by atoms with E-state index in [4.69, 9.17) is 22.1 Å². The Kier molecular flexibility index (Phi) is 4.40. The van der Waals surface area contributed by atoms with Gasteiger partial charge >= 0.3 is 0 Å². The first kappa shape index (κ1) is 13.8. The summed E-state index contributed by atoms with van der Waals surface area (Å²) in [5, 5.41) is 0.486. The Morgan fingerprint density at radius 1 is 1.26 bits per heavy atom. The highest BCUT2D eigenvalue weighted by molar-refractivity contribution is 6.31. The van der Waals surface area contributed by atoms with Crippen molar-refractivity contribution in [1.29, 1.82) is 0 Å². The Morgan fingerprint density at radius 2 is 2.00 bits per heavy atom. The fourth-order valence-electron chi connectivity index (χ4n) is 1.80. The Labute approximate surface area is 117 Å². The van der Waals surface area contributed by atoms with Gasteiger partial charge in [-0.1, -0.05) is 29.8 Å². The normalized spacial score (nSPS) is 12.2. The van der Waals surface area contributed by atoms with Gasteiger partial charge in [0.1, 0.15) is 18.2 Å². The van der Waals surface area contributed by atoms with Crippen LogP contribution in [0, 0.1) is 5.82 Å². The van der Waals surface area contributed by atoms with Crippen LogP contribution in [0.1, 0.15) is 24.1 Å². The largest absolute Gasteiger partial charge is 0.489 e. The van der Waals surface area contributed by atoms with Crippen LogP contribution in [0.25, 0.3) is 0 Å². The molecule has 4 heteroatoms. The maximum absolute atomic E-state index is 13.1. The topological polar surface area (TPSA) is 35.2 Å². The fourth-order valence-corrected chi connectivity index (χ4v) is 1.97. The number of halogens is 2. The molecule has 0 unspecified atom stereocenters. The smallest absolute Gasteiger partial charge is 0.124 e. The molecule has 2 nitrogen and oxygen atoms in total. The van der Waals surface area contributed by atoms with Gasteiger partial charge in [-0.2, -0.15) is 0 Å². The molecule has 1 atom stereocenters. The fraction of sp³-hybridized carbons (Fsp3) is 0.200. The summed E-state index contributed by atoms with van der Waals surface area (Å²) in [7, 11) is 0. The van der Waals surface area contributed by atoms with E-state index in [1.807, 2.05) is 31.2 Å². The van der Waals surface area contributed by atoms with Crippen molar-refractivity contribution in [2.75, 3.05) is 0 Å². The monoisotopic (exact) mass is 279 g/mol. The summed E-state index contributed by atoms with van der Waals surface area (Å²) in [5.74, 6) is 0.362. The summed E-state index contributed by atoms with van der Waals surface area (Å²) < 4.78 is 18.8. The van der Waals surface area contributed by atoms with Gasteiger partial charge in [0.05, 0.1) is 0 Å². The van der Waals surface area contributed by atoms with Crippen LogP contribution in [-0.2, 0) is 6.61 Å². The van der Waals surface area contributed by atoms with E-state index >= 15 is 0 Å². The first-order valence-electron chi connectivity index (χ1n) is 5.99. The zero-order valence-electron chi connectivity index (χ0n) is 10.6. The Balaban J connectivity index is 2.17. The number of ether oxygens (including phenoxy) is 1. The van der Waals surface area contributed by atoms with Gasteiger partial charge in [-0.25, -0.2) is 4.39 Å². The summed E-state index contributed by atoms with van der Waals surface area (Å²) in [6, 6.07) is 11.6. The van der Waals surface area contributed by atoms with Gasteiger partial charge in [-0.3, -0.25) is 0 Å². The van der Waals surface area contributed by atoms with E-state index in [-0.39, 0.29) is 18.5 Å². The second-order valence-corrected chi connectivity index (χ2v) is 4.76. The molecule has 0 radical (unpaired) electrons. The van der Waals surface area contributed by atoms with E-state index < -0.39 is 0 Å². The molecule has 0 spiro atoms. The molecule has 100 valence electrons. The zero-order chi connectivity index (χ0) is 13.8. The predicted octanol–water partition coefficient (Wildman–Crippen LogP) is 4.08. The summed E-state index contributed by atoms with van der Waals surface area (Å²) in [6.07, 6.45) is 0. The lowest BCUT2D eigenvalue weighted by Crippen LogP contribution is -2.08. The summed E-state index contributed by atoms with van der Waals surface area (Å²) in [5.41, 5.74) is 7.40. The molecule has 2 N–H and O–H groups in total. The third-order valence-electron chi connectivity index (χ3n) is 2.80. The van der Waals surface area contributed by atoms with E-state index in [0.29, 0.717) is 16.3 Å². The number of benzene rings is 2. The van der Waals surface area contributed by atoms with E-state index in [1.165, 1.54) is 18.2 Å². The van der Waals surface area contributed by atoms with Crippen molar-refractivity contribution in [3.05, 3.63) is 64.4 Å². The number of nitrogens with two attached hydrogens (primary N) is 1. The third-order valence-corrected chi connectivity index (χ3v) is 3.17. The molecule has 19 heavy (non-hydrogen) atoms. The number of rotatable bonds is 4. The average Bonchev–Trinajstić information content (AvgIpc) is 2.40. The van der Waals surface area contributed by atoms with Crippen molar-refractivity contribution >= 4 is 11.6 Å². The van der Waals surface area contributed by atoms with Crippen LogP contribution in [0.5, 0.6) is 5.75 Å². The molecule has 0 aliphatic heterocycles. The van der Waals surface area contributed by atoms with Crippen molar-refractivity contribution in [3.63, 3.8) is 0 Å². The van der Waals surface area contributed by atoms with Gasteiger partial charge in [0, 0.05) is 22.2 Å². The van der Waals surface area contributed by atoms with E-state index in [9.17, 15) is 4.39 Å². The van der Waals surface area contributed by atoms with Crippen LogP contribution in [0.2, 0.25) is 5.02 Å². The minimum atomic E-state index is -0.330. The highest BCUT2D eigenvalue weighted by Gasteiger charge is 2.09. The molecule has 0 heterocycles. The minimum Gasteiger partial charge on any atom is -0.489 e. The van der Waals surface area contributed by atoms with Gasteiger partial charge in [-0.15, -0.1) is 0 Å². The number of hydrogen-bond donors (Lipinski definition) is 1. The van der Waals surface area contributed by atoms with E-state index in [0.717, 1.165) is 5.56 Å². The van der Waals surface area contributed by atoms with Gasteiger partial charge in [-0.05, 0) is 31.2 Å². The standard InChI is InChI=1S/C15H15ClFNO/c1-10(18)13-4-2-3-5-15(13)19-9-11-8-12(17)6-7-14(11)16/h2-8,10H,9,18H2,1H3/t10-/m0/s1. The summed E-state index contributed by atoms with van der Waals surface area (Å²) in [6.45, 7) is 2.09. The molecule has 0 saturated carbocycles. The molecule has 2 aromatic carbocycles. The summed E-state index contributed by atoms with van der Waals surface area (Å²) in [4.78, 5) is 0. The van der Waals surface area contributed by atoms with Crippen molar-refractivity contribution < 1.29 is 9.13 Å². The van der Waals surface area contributed by atoms with Crippen molar-refractivity contribution in [2.24, 2.45) is 5.73 Å². The van der Waals surface area contributed by atoms with Gasteiger partial charge in [0.15, 0.2) is 0 Å². The number of para-hydroxylation sites is 1. The molecule has 0 aliphatic rings. The maximum Gasteiger partial charge on any atom is 0.124 e. The highest BCUT2D eigenvalue weighted by Crippen LogP contribution is 2.25.